The summed E-state index contributed by atoms with van der Waals surface area (Å²) in [5, 5.41) is 0. The fourth-order valence-electron chi connectivity index (χ4n) is 0.757. The zero-order valence-electron chi connectivity index (χ0n) is 11.6. The largest absolute Gasteiger partial charge is 0.442 e. The standard InChI is InChI=1S/C10H21NO6S/c1-9(2,3)16-8(12)11-17-10(4,5)7-15-18(6,13)14/h7H2,1-6H3,(H,11,12). The van der Waals surface area contributed by atoms with Gasteiger partial charge in [0.05, 0.1) is 12.9 Å². The third-order valence-corrected chi connectivity index (χ3v) is 1.98. The molecule has 0 aliphatic rings. The lowest BCUT2D eigenvalue weighted by Crippen LogP contribution is -2.41. The molecule has 0 fully saturated rings. The minimum atomic E-state index is -3.55. The Kier molecular flexibility index (Phi) is 5.57. The van der Waals surface area contributed by atoms with Crippen molar-refractivity contribution in [1.29, 1.82) is 0 Å². The van der Waals surface area contributed by atoms with Gasteiger partial charge in [-0.05, 0) is 34.6 Å². The number of nitrogens with one attached hydrogen (secondary N) is 1. The third-order valence-electron chi connectivity index (χ3n) is 1.43. The lowest BCUT2D eigenvalue weighted by molar-refractivity contribution is -0.103. The van der Waals surface area contributed by atoms with Crippen LogP contribution in [-0.2, 0) is 23.9 Å². The molecule has 0 aromatic heterocycles. The summed E-state index contributed by atoms with van der Waals surface area (Å²) in [6, 6.07) is 0. The van der Waals surface area contributed by atoms with Crippen molar-refractivity contribution in [2.75, 3.05) is 12.9 Å². The van der Waals surface area contributed by atoms with Gasteiger partial charge in [-0.2, -0.15) is 13.9 Å². The highest BCUT2D eigenvalue weighted by Crippen LogP contribution is 2.11. The number of rotatable bonds is 5. The van der Waals surface area contributed by atoms with Gasteiger partial charge in [-0.3, -0.25) is 9.02 Å². The Labute approximate surface area is 108 Å². The Bertz CT molecular complexity index is 382. The molecule has 0 aliphatic carbocycles. The zero-order chi connectivity index (χ0) is 14.6. The van der Waals surface area contributed by atoms with Gasteiger partial charge in [-0.15, -0.1) is 0 Å². The van der Waals surface area contributed by atoms with Gasteiger partial charge in [0, 0.05) is 0 Å². The molecule has 0 unspecified atom stereocenters. The topological polar surface area (TPSA) is 90.9 Å². The van der Waals surface area contributed by atoms with Gasteiger partial charge in [0.1, 0.15) is 11.2 Å². The van der Waals surface area contributed by atoms with Crippen LogP contribution >= 0.6 is 0 Å². The molecule has 108 valence electrons. The molecule has 7 nitrogen and oxygen atoms in total. The van der Waals surface area contributed by atoms with Gasteiger partial charge < -0.3 is 4.74 Å². The van der Waals surface area contributed by atoms with E-state index in [1.54, 1.807) is 34.6 Å². The van der Waals surface area contributed by atoms with Crippen LogP contribution in [0.25, 0.3) is 0 Å². The second-order valence-corrected chi connectivity index (χ2v) is 7.08. The highest BCUT2D eigenvalue weighted by molar-refractivity contribution is 7.85. The van der Waals surface area contributed by atoms with Gasteiger partial charge in [-0.1, -0.05) is 0 Å². The number of hydrogen-bond donors (Lipinski definition) is 1. The first-order valence-electron chi connectivity index (χ1n) is 5.32. The second-order valence-electron chi connectivity index (χ2n) is 5.43. The van der Waals surface area contributed by atoms with E-state index in [0.717, 1.165) is 6.26 Å². The quantitative estimate of drug-likeness (QED) is 0.602. The number of carbonyl (C=O) groups is 1. The predicted molar refractivity (Wildman–Crippen MR) is 65.3 cm³/mol. The van der Waals surface area contributed by atoms with E-state index in [1.807, 2.05) is 0 Å². The van der Waals surface area contributed by atoms with Gasteiger partial charge >= 0.3 is 6.09 Å². The lowest BCUT2D eigenvalue weighted by atomic mass is 10.2. The van der Waals surface area contributed by atoms with Crippen LogP contribution in [0.5, 0.6) is 0 Å². The highest BCUT2D eigenvalue weighted by Gasteiger charge is 2.24. The van der Waals surface area contributed by atoms with Crippen LogP contribution in [0.1, 0.15) is 34.6 Å². The fourth-order valence-corrected chi connectivity index (χ4v) is 1.26. The molecule has 8 heteroatoms. The summed E-state index contributed by atoms with van der Waals surface area (Å²) < 4.78 is 31.2. The average Bonchev–Trinajstić information content (AvgIpc) is 2.08. The molecule has 0 bridgehead atoms. The summed E-state index contributed by atoms with van der Waals surface area (Å²) in [6.07, 6.45) is 0.180. The Hall–Kier alpha value is -0.860. The lowest BCUT2D eigenvalue weighted by Gasteiger charge is -2.25. The van der Waals surface area contributed by atoms with Crippen molar-refractivity contribution >= 4 is 16.2 Å². The smallest absolute Gasteiger partial charge is 0.431 e. The van der Waals surface area contributed by atoms with Gasteiger partial charge in [0.25, 0.3) is 10.1 Å². The van der Waals surface area contributed by atoms with E-state index in [2.05, 4.69) is 9.66 Å². The number of amides is 1. The fraction of sp³-hybridized carbons (Fsp3) is 0.900. The van der Waals surface area contributed by atoms with E-state index >= 15 is 0 Å². The molecule has 1 amide bonds. The van der Waals surface area contributed by atoms with Crippen molar-refractivity contribution < 1.29 is 27.0 Å². The van der Waals surface area contributed by atoms with Crippen LogP contribution < -0.4 is 5.48 Å². The molecule has 0 atom stereocenters. The zero-order valence-corrected chi connectivity index (χ0v) is 12.4. The van der Waals surface area contributed by atoms with Gasteiger partial charge in [0.2, 0.25) is 0 Å². The molecule has 0 aromatic rings. The Balaban J connectivity index is 4.15. The molecule has 0 radical (unpaired) electrons. The van der Waals surface area contributed by atoms with E-state index in [4.69, 9.17) is 9.57 Å². The van der Waals surface area contributed by atoms with Crippen molar-refractivity contribution in [3.05, 3.63) is 0 Å². The summed E-state index contributed by atoms with van der Waals surface area (Å²) >= 11 is 0. The maximum Gasteiger partial charge on any atom is 0.431 e. The van der Waals surface area contributed by atoms with Crippen LogP contribution in [0.3, 0.4) is 0 Å². The monoisotopic (exact) mass is 283 g/mol. The van der Waals surface area contributed by atoms with Gasteiger partial charge in [0.15, 0.2) is 0 Å². The Morgan fingerprint density at radius 1 is 1.17 bits per heavy atom. The molecular formula is C10H21NO6S. The van der Waals surface area contributed by atoms with Crippen LogP contribution in [0.15, 0.2) is 0 Å². The minimum absolute atomic E-state index is 0.221. The SMILES string of the molecule is CC(C)(C)OC(=O)NOC(C)(C)COS(C)(=O)=O. The van der Waals surface area contributed by atoms with E-state index in [1.165, 1.54) is 0 Å². The molecular weight excluding hydrogens is 262 g/mol. The molecule has 1 N–H and O–H groups in total. The summed E-state index contributed by atoms with van der Waals surface area (Å²) in [6.45, 7) is 8.05. The van der Waals surface area contributed by atoms with Crippen LogP contribution in [0, 0.1) is 0 Å². The minimum Gasteiger partial charge on any atom is -0.442 e. The van der Waals surface area contributed by atoms with Crippen LogP contribution in [-0.4, -0.2) is 38.6 Å². The maximum atomic E-state index is 11.3. The van der Waals surface area contributed by atoms with Crippen molar-refractivity contribution in [3.8, 4) is 0 Å². The van der Waals surface area contributed by atoms with E-state index in [9.17, 15) is 13.2 Å². The first kappa shape index (κ1) is 17.1. The summed E-state index contributed by atoms with van der Waals surface area (Å²) in [5.41, 5.74) is 0.442. The Morgan fingerprint density at radius 2 is 1.67 bits per heavy atom. The molecule has 0 rings (SSSR count). The molecule has 0 aromatic carbocycles. The number of hydroxylamine groups is 1. The Morgan fingerprint density at radius 3 is 2.06 bits per heavy atom. The third kappa shape index (κ3) is 10.3. The van der Waals surface area contributed by atoms with E-state index in [-0.39, 0.29) is 6.61 Å². The van der Waals surface area contributed by atoms with Crippen LogP contribution in [0.2, 0.25) is 0 Å². The van der Waals surface area contributed by atoms with E-state index < -0.39 is 27.4 Å². The van der Waals surface area contributed by atoms with Crippen LogP contribution in [0.4, 0.5) is 4.79 Å². The molecule has 0 aliphatic heterocycles. The van der Waals surface area contributed by atoms with E-state index in [0.29, 0.717) is 0 Å². The molecule has 0 heterocycles. The first-order valence-corrected chi connectivity index (χ1v) is 7.14. The summed E-state index contributed by atoms with van der Waals surface area (Å²) in [7, 11) is -3.55. The molecule has 0 saturated heterocycles. The van der Waals surface area contributed by atoms with Gasteiger partial charge in [-0.25, -0.2) is 4.79 Å². The van der Waals surface area contributed by atoms with Crippen molar-refractivity contribution in [1.82, 2.24) is 5.48 Å². The van der Waals surface area contributed by atoms with Crippen molar-refractivity contribution in [2.45, 2.75) is 45.8 Å². The summed E-state index contributed by atoms with van der Waals surface area (Å²) in [5.74, 6) is 0. The number of carbonyl (C=O) groups excluding carboxylic acids is 1. The molecule has 0 saturated carbocycles. The maximum absolute atomic E-state index is 11.3. The molecule has 18 heavy (non-hydrogen) atoms. The first-order chi connectivity index (χ1) is 7.81. The average molecular weight is 283 g/mol. The highest BCUT2D eigenvalue weighted by atomic mass is 32.2. The molecule has 0 spiro atoms. The number of hydrogen-bond acceptors (Lipinski definition) is 6. The number of ether oxygens (including phenoxy) is 1. The second kappa shape index (κ2) is 5.85. The normalized spacial score (nSPS) is 13.2. The van der Waals surface area contributed by atoms with Crippen molar-refractivity contribution in [3.63, 3.8) is 0 Å². The van der Waals surface area contributed by atoms with Crippen molar-refractivity contribution in [2.24, 2.45) is 0 Å². The summed E-state index contributed by atoms with van der Waals surface area (Å²) in [4.78, 5) is 16.3. The predicted octanol–water partition coefficient (Wildman–Crippen LogP) is 1.20.